The maximum absolute atomic E-state index is 13.1. The Labute approximate surface area is 128 Å². The molecule has 3 nitrogen and oxygen atoms in total. The topological polar surface area (TPSA) is 34.0 Å². The van der Waals surface area contributed by atoms with Gasteiger partial charge in [-0.25, -0.2) is 4.39 Å². The molecule has 1 aromatic heterocycles. The average molecular weight is 296 g/mol. The third-order valence-electron chi connectivity index (χ3n) is 3.62. The Morgan fingerprint density at radius 1 is 1.09 bits per heavy atom. The van der Waals surface area contributed by atoms with E-state index in [4.69, 9.17) is 0 Å². The Balaban J connectivity index is 1.54. The van der Waals surface area contributed by atoms with Crippen LogP contribution in [-0.4, -0.2) is 17.0 Å². The fraction of sp³-hybridized carbons (Fsp3) is 0.167. The minimum Gasteiger partial charge on any atom is -0.354 e. The van der Waals surface area contributed by atoms with Crippen LogP contribution in [-0.2, 0) is 17.8 Å². The average Bonchev–Trinajstić information content (AvgIpc) is 2.91. The zero-order valence-electron chi connectivity index (χ0n) is 12.1. The van der Waals surface area contributed by atoms with Gasteiger partial charge in [-0.1, -0.05) is 30.3 Å². The lowest BCUT2D eigenvalue weighted by Gasteiger charge is -2.07. The molecule has 0 aliphatic heterocycles. The number of amides is 1. The summed E-state index contributed by atoms with van der Waals surface area (Å²) >= 11 is 0. The molecule has 22 heavy (non-hydrogen) atoms. The standard InChI is InChI=1S/C18H17FN2O/c19-16-6-3-4-14(12-16)8-10-20-18(22)13-21-11-9-15-5-1-2-7-17(15)21/h1-7,9,11-12H,8,10,13H2,(H,20,22). The molecule has 0 saturated heterocycles. The monoisotopic (exact) mass is 296 g/mol. The summed E-state index contributed by atoms with van der Waals surface area (Å²) in [6.07, 6.45) is 2.53. The van der Waals surface area contributed by atoms with Gasteiger partial charge in [-0.15, -0.1) is 0 Å². The SMILES string of the molecule is O=C(Cn1ccc2ccccc21)NCCc1cccc(F)c1. The van der Waals surface area contributed by atoms with Crippen molar-refractivity contribution < 1.29 is 9.18 Å². The Morgan fingerprint density at radius 2 is 1.95 bits per heavy atom. The van der Waals surface area contributed by atoms with Crippen LogP contribution >= 0.6 is 0 Å². The number of aromatic nitrogens is 1. The third-order valence-corrected chi connectivity index (χ3v) is 3.62. The molecule has 112 valence electrons. The lowest BCUT2D eigenvalue weighted by atomic mass is 10.1. The van der Waals surface area contributed by atoms with Crippen LogP contribution in [0.5, 0.6) is 0 Å². The van der Waals surface area contributed by atoms with Crippen molar-refractivity contribution in [3.8, 4) is 0 Å². The van der Waals surface area contributed by atoms with Gasteiger partial charge in [-0.3, -0.25) is 4.79 Å². The van der Waals surface area contributed by atoms with Crippen LogP contribution in [0.25, 0.3) is 10.9 Å². The van der Waals surface area contributed by atoms with Gasteiger partial charge in [-0.2, -0.15) is 0 Å². The second-order valence-electron chi connectivity index (χ2n) is 5.23. The Bertz CT molecular complexity index is 794. The molecule has 0 unspecified atom stereocenters. The first-order chi connectivity index (χ1) is 10.7. The molecule has 1 heterocycles. The molecule has 0 aliphatic carbocycles. The van der Waals surface area contributed by atoms with Gasteiger partial charge < -0.3 is 9.88 Å². The normalized spacial score (nSPS) is 10.8. The van der Waals surface area contributed by atoms with E-state index in [-0.39, 0.29) is 18.3 Å². The summed E-state index contributed by atoms with van der Waals surface area (Å²) in [5, 5.41) is 3.99. The van der Waals surface area contributed by atoms with E-state index in [9.17, 15) is 9.18 Å². The second-order valence-corrected chi connectivity index (χ2v) is 5.23. The summed E-state index contributed by atoms with van der Waals surface area (Å²) in [4.78, 5) is 12.0. The smallest absolute Gasteiger partial charge is 0.239 e. The molecule has 0 bridgehead atoms. The fourth-order valence-corrected chi connectivity index (χ4v) is 2.53. The van der Waals surface area contributed by atoms with E-state index in [1.165, 1.54) is 12.1 Å². The van der Waals surface area contributed by atoms with Crippen molar-refractivity contribution >= 4 is 16.8 Å². The highest BCUT2D eigenvalue weighted by Gasteiger charge is 2.05. The minimum atomic E-state index is -0.248. The van der Waals surface area contributed by atoms with Gasteiger partial charge >= 0.3 is 0 Å². The van der Waals surface area contributed by atoms with Crippen LogP contribution in [0.1, 0.15) is 5.56 Å². The summed E-state index contributed by atoms with van der Waals surface area (Å²) in [5.41, 5.74) is 1.93. The van der Waals surface area contributed by atoms with E-state index >= 15 is 0 Å². The largest absolute Gasteiger partial charge is 0.354 e. The van der Waals surface area contributed by atoms with E-state index in [2.05, 4.69) is 5.32 Å². The van der Waals surface area contributed by atoms with Gasteiger partial charge in [0.15, 0.2) is 0 Å². The lowest BCUT2D eigenvalue weighted by molar-refractivity contribution is -0.121. The molecule has 0 atom stereocenters. The van der Waals surface area contributed by atoms with Gasteiger partial charge in [0.1, 0.15) is 12.4 Å². The van der Waals surface area contributed by atoms with E-state index in [0.29, 0.717) is 13.0 Å². The number of hydrogen-bond acceptors (Lipinski definition) is 1. The predicted molar refractivity (Wildman–Crippen MR) is 85.1 cm³/mol. The van der Waals surface area contributed by atoms with Gasteiger partial charge in [0.05, 0.1) is 0 Å². The second kappa shape index (κ2) is 6.43. The number of fused-ring (bicyclic) bond motifs is 1. The van der Waals surface area contributed by atoms with Gasteiger partial charge in [0.25, 0.3) is 0 Å². The Morgan fingerprint density at radius 3 is 2.82 bits per heavy atom. The first-order valence-corrected chi connectivity index (χ1v) is 7.27. The molecule has 0 radical (unpaired) electrons. The summed E-state index contributed by atoms with van der Waals surface area (Å²) in [5.74, 6) is -0.291. The third kappa shape index (κ3) is 3.34. The quantitative estimate of drug-likeness (QED) is 0.771. The Hall–Kier alpha value is -2.62. The number of benzene rings is 2. The van der Waals surface area contributed by atoms with E-state index in [1.807, 2.05) is 47.2 Å². The molecule has 2 aromatic carbocycles. The highest BCUT2D eigenvalue weighted by Crippen LogP contribution is 2.14. The molecule has 0 fully saturated rings. The highest BCUT2D eigenvalue weighted by atomic mass is 19.1. The van der Waals surface area contributed by atoms with E-state index in [1.54, 1.807) is 6.07 Å². The number of para-hydroxylation sites is 1. The van der Waals surface area contributed by atoms with Crippen molar-refractivity contribution in [1.82, 2.24) is 9.88 Å². The zero-order valence-corrected chi connectivity index (χ0v) is 12.1. The van der Waals surface area contributed by atoms with Gasteiger partial charge in [-0.05, 0) is 41.6 Å². The first-order valence-electron chi connectivity index (χ1n) is 7.27. The molecular weight excluding hydrogens is 279 g/mol. The van der Waals surface area contributed by atoms with Crippen LogP contribution in [0.4, 0.5) is 4.39 Å². The van der Waals surface area contributed by atoms with Crippen molar-refractivity contribution in [2.45, 2.75) is 13.0 Å². The number of halogens is 1. The van der Waals surface area contributed by atoms with Crippen molar-refractivity contribution in [2.75, 3.05) is 6.54 Å². The highest BCUT2D eigenvalue weighted by molar-refractivity contribution is 5.83. The number of carbonyl (C=O) groups is 1. The zero-order chi connectivity index (χ0) is 15.4. The molecule has 0 spiro atoms. The van der Waals surface area contributed by atoms with Gasteiger partial charge in [0, 0.05) is 18.3 Å². The summed E-state index contributed by atoms with van der Waals surface area (Å²) < 4.78 is 15.0. The minimum absolute atomic E-state index is 0.0437. The molecule has 0 aliphatic rings. The van der Waals surface area contributed by atoms with Crippen LogP contribution in [0.15, 0.2) is 60.8 Å². The van der Waals surface area contributed by atoms with Crippen LogP contribution in [0.3, 0.4) is 0 Å². The van der Waals surface area contributed by atoms with Crippen molar-refractivity contribution in [2.24, 2.45) is 0 Å². The summed E-state index contributed by atoms with van der Waals surface area (Å²) in [6.45, 7) is 0.790. The maximum atomic E-state index is 13.1. The molecule has 3 rings (SSSR count). The number of rotatable bonds is 5. The van der Waals surface area contributed by atoms with Crippen molar-refractivity contribution in [3.63, 3.8) is 0 Å². The number of nitrogens with one attached hydrogen (secondary N) is 1. The molecule has 0 saturated carbocycles. The molecule has 3 aromatic rings. The molecular formula is C18H17FN2O. The number of nitrogens with zero attached hydrogens (tertiary/aromatic N) is 1. The van der Waals surface area contributed by atoms with Gasteiger partial charge in [0.2, 0.25) is 5.91 Å². The van der Waals surface area contributed by atoms with Crippen molar-refractivity contribution in [1.29, 1.82) is 0 Å². The van der Waals surface area contributed by atoms with E-state index in [0.717, 1.165) is 16.5 Å². The number of hydrogen-bond donors (Lipinski definition) is 1. The summed E-state index contributed by atoms with van der Waals surface area (Å²) in [6, 6.07) is 16.4. The fourth-order valence-electron chi connectivity index (χ4n) is 2.53. The summed E-state index contributed by atoms with van der Waals surface area (Å²) in [7, 11) is 0. The molecule has 1 amide bonds. The molecule has 4 heteroatoms. The predicted octanol–water partition coefficient (Wildman–Crippen LogP) is 3.14. The first kappa shape index (κ1) is 14.3. The lowest BCUT2D eigenvalue weighted by Crippen LogP contribution is -2.29. The van der Waals surface area contributed by atoms with Crippen LogP contribution in [0.2, 0.25) is 0 Å². The maximum Gasteiger partial charge on any atom is 0.239 e. The van der Waals surface area contributed by atoms with E-state index < -0.39 is 0 Å². The van der Waals surface area contributed by atoms with Crippen molar-refractivity contribution in [3.05, 3.63) is 72.2 Å². The molecule has 1 N–H and O–H groups in total. The van der Waals surface area contributed by atoms with Crippen LogP contribution < -0.4 is 5.32 Å². The number of carbonyl (C=O) groups excluding carboxylic acids is 1. The Kier molecular flexibility index (Phi) is 4.19. The van der Waals surface area contributed by atoms with Crippen LogP contribution in [0, 0.1) is 5.82 Å².